The van der Waals surface area contributed by atoms with Gasteiger partial charge < -0.3 is 10.4 Å². The fourth-order valence-corrected chi connectivity index (χ4v) is 3.03. The van der Waals surface area contributed by atoms with Crippen LogP contribution in [0.1, 0.15) is 31.9 Å². The van der Waals surface area contributed by atoms with Crippen LogP contribution >= 0.6 is 11.8 Å². The van der Waals surface area contributed by atoms with E-state index in [-0.39, 0.29) is 12.1 Å². The van der Waals surface area contributed by atoms with Crippen molar-refractivity contribution in [1.82, 2.24) is 5.32 Å². The summed E-state index contributed by atoms with van der Waals surface area (Å²) in [7, 11) is 0. The smallest absolute Gasteiger partial charge is 0.0692 e. The summed E-state index contributed by atoms with van der Waals surface area (Å²) >= 11 is 1.72. The highest BCUT2D eigenvalue weighted by Crippen LogP contribution is 2.33. The lowest BCUT2D eigenvalue weighted by molar-refractivity contribution is 0.279. The first-order chi connectivity index (χ1) is 9.99. The van der Waals surface area contributed by atoms with Crippen molar-refractivity contribution in [2.24, 2.45) is 0 Å². The molecule has 0 aliphatic rings. The quantitative estimate of drug-likeness (QED) is 0.867. The average Bonchev–Trinajstić information content (AvgIpc) is 2.46. The highest BCUT2D eigenvalue weighted by molar-refractivity contribution is 7.99. The summed E-state index contributed by atoms with van der Waals surface area (Å²) in [5.41, 5.74) is 2.35. The summed E-state index contributed by atoms with van der Waals surface area (Å²) in [4.78, 5) is 2.35. The maximum atomic E-state index is 9.45. The van der Waals surface area contributed by atoms with Gasteiger partial charge in [-0.05, 0) is 44.0 Å². The Kier molecular flexibility index (Phi) is 5.45. The summed E-state index contributed by atoms with van der Waals surface area (Å²) in [5.74, 6) is 0. The van der Waals surface area contributed by atoms with Crippen LogP contribution in [0.5, 0.6) is 0 Å². The number of benzene rings is 2. The first kappa shape index (κ1) is 16.1. The van der Waals surface area contributed by atoms with Crippen LogP contribution in [0.15, 0.2) is 58.3 Å². The molecule has 0 aromatic heterocycles. The van der Waals surface area contributed by atoms with Gasteiger partial charge in [0.1, 0.15) is 0 Å². The Morgan fingerprint density at radius 2 is 1.43 bits per heavy atom. The van der Waals surface area contributed by atoms with Gasteiger partial charge in [-0.25, -0.2) is 0 Å². The maximum Gasteiger partial charge on any atom is 0.0692 e. The third-order valence-electron chi connectivity index (χ3n) is 3.14. The predicted molar refractivity (Wildman–Crippen MR) is 89.5 cm³/mol. The van der Waals surface area contributed by atoms with Crippen molar-refractivity contribution in [1.29, 1.82) is 0 Å². The Balaban J connectivity index is 2.20. The SMILES string of the molecule is CC(C)(C)NCc1ccccc1Sc1ccccc1CO. The minimum absolute atomic E-state index is 0.0750. The highest BCUT2D eigenvalue weighted by atomic mass is 32.2. The zero-order valence-corrected chi connectivity index (χ0v) is 13.7. The van der Waals surface area contributed by atoms with E-state index in [1.54, 1.807) is 11.8 Å². The van der Waals surface area contributed by atoms with Crippen LogP contribution in [-0.2, 0) is 13.2 Å². The number of aliphatic hydroxyl groups is 1. The molecule has 0 radical (unpaired) electrons. The molecule has 2 nitrogen and oxygen atoms in total. The number of nitrogens with one attached hydrogen (secondary N) is 1. The molecule has 2 rings (SSSR count). The summed E-state index contributed by atoms with van der Waals surface area (Å²) in [6.07, 6.45) is 0. The van der Waals surface area contributed by atoms with E-state index in [0.717, 1.165) is 17.0 Å². The molecule has 0 unspecified atom stereocenters. The van der Waals surface area contributed by atoms with Gasteiger partial charge in [0.25, 0.3) is 0 Å². The van der Waals surface area contributed by atoms with Gasteiger partial charge in [-0.2, -0.15) is 0 Å². The van der Waals surface area contributed by atoms with E-state index in [0.29, 0.717) is 0 Å². The number of hydrogen-bond acceptors (Lipinski definition) is 3. The van der Waals surface area contributed by atoms with Crippen molar-refractivity contribution < 1.29 is 5.11 Å². The van der Waals surface area contributed by atoms with Crippen molar-refractivity contribution >= 4 is 11.8 Å². The molecular weight excluding hydrogens is 278 g/mol. The summed E-state index contributed by atoms with van der Waals surface area (Å²) in [6, 6.07) is 16.4. The number of aliphatic hydroxyl groups excluding tert-OH is 1. The standard InChI is InChI=1S/C18H23NOS/c1-18(2,3)19-12-14-8-4-6-10-16(14)21-17-11-7-5-9-15(17)13-20/h4-11,19-20H,12-13H2,1-3H3. The topological polar surface area (TPSA) is 32.3 Å². The molecule has 0 aliphatic carbocycles. The van der Waals surface area contributed by atoms with Gasteiger partial charge in [0.2, 0.25) is 0 Å². The molecule has 2 aromatic rings. The Morgan fingerprint density at radius 3 is 2.00 bits per heavy atom. The van der Waals surface area contributed by atoms with Crippen LogP contribution in [-0.4, -0.2) is 10.6 Å². The van der Waals surface area contributed by atoms with Crippen LogP contribution in [0, 0.1) is 0 Å². The van der Waals surface area contributed by atoms with Crippen LogP contribution in [0.3, 0.4) is 0 Å². The Bertz CT molecular complexity index is 590. The van der Waals surface area contributed by atoms with Crippen LogP contribution in [0.4, 0.5) is 0 Å². The van der Waals surface area contributed by atoms with E-state index in [9.17, 15) is 5.11 Å². The molecule has 112 valence electrons. The van der Waals surface area contributed by atoms with Crippen molar-refractivity contribution in [3.63, 3.8) is 0 Å². The van der Waals surface area contributed by atoms with E-state index in [4.69, 9.17) is 0 Å². The van der Waals surface area contributed by atoms with Crippen molar-refractivity contribution in [2.75, 3.05) is 0 Å². The summed E-state index contributed by atoms with van der Waals surface area (Å²) < 4.78 is 0. The molecule has 0 bridgehead atoms. The van der Waals surface area contributed by atoms with E-state index in [2.05, 4.69) is 56.4 Å². The van der Waals surface area contributed by atoms with Gasteiger partial charge in [0.15, 0.2) is 0 Å². The lowest BCUT2D eigenvalue weighted by atomic mass is 10.1. The Hall–Kier alpha value is -1.29. The Morgan fingerprint density at radius 1 is 0.905 bits per heavy atom. The molecule has 0 spiro atoms. The van der Waals surface area contributed by atoms with Gasteiger partial charge in [-0.3, -0.25) is 0 Å². The van der Waals surface area contributed by atoms with Crippen molar-refractivity contribution in [3.05, 3.63) is 59.7 Å². The fraction of sp³-hybridized carbons (Fsp3) is 0.333. The lowest BCUT2D eigenvalue weighted by Gasteiger charge is -2.21. The molecule has 0 saturated heterocycles. The molecule has 0 atom stereocenters. The molecule has 0 heterocycles. The highest BCUT2D eigenvalue weighted by Gasteiger charge is 2.11. The largest absolute Gasteiger partial charge is 0.392 e. The second kappa shape index (κ2) is 7.12. The fourth-order valence-electron chi connectivity index (χ4n) is 1.96. The second-order valence-electron chi connectivity index (χ2n) is 6.08. The zero-order valence-electron chi connectivity index (χ0n) is 12.9. The normalized spacial score (nSPS) is 11.6. The third-order valence-corrected chi connectivity index (χ3v) is 4.38. The molecule has 2 aromatic carbocycles. The first-order valence-corrected chi connectivity index (χ1v) is 8.01. The zero-order chi connectivity index (χ0) is 15.3. The van der Waals surface area contributed by atoms with Gasteiger partial charge in [-0.1, -0.05) is 48.2 Å². The first-order valence-electron chi connectivity index (χ1n) is 7.19. The molecule has 2 N–H and O–H groups in total. The molecule has 0 aliphatic heterocycles. The summed E-state index contributed by atoms with van der Waals surface area (Å²) in [5, 5.41) is 13.0. The molecule has 3 heteroatoms. The molecule has 0 fully saturated rings. The van der Waals surface area contributed by atoms with Gasteiger partial charge >= 0.3 is 0 Å². The Labute approximate surface area is 131 Å². The number of hydrogen-bond donors (Lipinski definition) is 2. The minimum atomic E-state index is 0.0750. The maximum absolute atomic E-state index is 9.45. The number of rotatable bonds is 5. The van der Waals surface area contributed by atoms with E-state index < -0.39 is 0 Å². The minimum Gasteiger partial charge on any atom is -0.392 e. The summed E-state index contributed by atoms with van der Waals surface area (Å²) in [6.45, 7) is 7.43. The molecular formula is C18H23NOS. The lowest BCUT2D eigenvalue weighted by Crippen LogP contribution is -2.35. The van der Waals surface area contributed by atoms with Crippen molar-refractivity contribution in [3.8, 4) is 0 Å². The van der Waals surface area contributed by atoms with E-state index in [1.807, 2.05) is 18.2 Å². The predicted octanol–water partition coefficient (Wildman–Crippen LogP) is 4.22. The van der Waals surface area contributed by atoms with Crippen LogP contribution in [0.2, 0.25) is 0 Å². The van der Waals surface area contributed by atoms with Crippen LogP contribution in [0.25, 0.3) is 0 Å². The van der Waals surface area contributed by atoms with E-state index in [1.165, 1.54) is 10.5 Å². The monoisotopic (exact) mass is 301 g/mol. The van der Waals surface area contributed by atoms with Crippen molar-refractivity contribution in [2.45, 2.75) is 49.3 Å². The van der Waals surface area contributed by atoms with E-state index >= 15 is 0 Å². The molecule has 0 saturated carbocycles. The van der Waals surface area contributed by atoms with Gasteiger partial charge in [-0.15, -0.1) is 0 Å². The van der Waals surface area contributed by atoms with Gasteiger partial charge in [0, 0.05) is 21.9 Å². The second-order valence-corrected chi connectivity index (χ2v) is 7.16. The van der Waals surface area contributed by atoms with Crippen LogP contribution < -0.4 is 5.32 Å². The molecule has 21 heavy (non-hydrogen) atoms. The average molecular weight is 301 g/mol. The third kappa shape index (κ3) is 4.88. The molecule has 0 amide bonds. The van der Waals surface area contributed by atoms with Gasteiger partial charge in [0.05, 0.1) is 6.61 Å².